The van der Waals surface area contributed by atoms with Gasteiger partial charge in [0.2, 0.25) is 0 Å². The van der Waals surface area contributed by atoms with Crippen molar-refractivity contribution >= 4 is 15.8 Å². The molecule has 0 amide bonds. The molecule has 5 nitrogen and oxygen atoms in total. The highest BCUT2D eigenvalue weighted by Crippen LogP contribution is 2.31. The average Bonchev–Trinajstić information content (AvgIpc) is 2.63. The molecule has 25 heavy (non-hydrogen) atoms. The molecule has 2 rings (SSSR count). The van der Waals surface area contributed by atoms with E-state index in [4.69, 9.17) is 4.74 Å². The fraction of sp³-hybridized carbons (Fsp3) is 0.263. The fourth-order valence-corrected chi connectivity index (χ4v) is 4.29. The number of ether oxygens (including phenoxy) is 1. The zero-order valence-corrected chi connectivity index (χ0v) is 14.6. The molecule has 0 aliphatic carbocycles. The number of nitrogens with zero attached hydrogens (tertiary/aromatic N) is 1. The zero-order valence-electron chi connectivity index (χ0n) is 13.8. The Kier molecular flexibility index (Phi) is 6.31. The van der Waals surface area contributed by atoms with E-state index in [1.54, 1.807) is 55.5 Å². The Bertz CT molecular complexity index is 842. The van der Waals surface area contributed by atoms with E-state index in [0.717, 1.165) is 0 Å². The van der Waals surface area contributed by atoms with Crippen molar-refractivity contribution in [2.45, 2.75) is 29.4 Å². The lowest BCUT2D eigenvalue weighted by Gasteiger charge is -2.22. The summed E-state index contributed by atoms with van der Waals surface area (Å²) in [5, 5.41) is 8.23. The second-order valence-electron chi connectivity index (χ2n) is 5.43. The molecule has 6 heteroatoms. The molecule has 0 spiro atoms. The SMILES string of the molecule is CCOC(=O)C[C@@H](c1ccccc1)[C@H](C#N)S(=O)(=O)c1ccccc1. The number of nitriles is 1. The highest BCUT2D eigenvalue weighted by atomic mass is 32.2. The third kappa shape index (κ3) is 4.46. The number of benzene rings is 2. The minimum atomic E-state index is -3.93. The Labute approximate surface area is 147 Å². The summed E-state index contributed by atoms with van der Waals surface area (Å²) in [6, 6.07) is 18.4. The number of carbonyl (C=O) groups is 1. The summed E-state index contributed by atoms with van der Waals surface area (Å²) in [6.45, 7) is 1.88. The second kappa shape index (κ2) is 8.45. The first-order valence-corrected chi connectivity index (χ1v) is 9.44. The smallest absolute Gasteiger partial charge is 0.306 e. The van der Waals surface area contributed by atoms with Crippen LogP contribution in [0.3, 0.4) is 0 Å². The predicted molar refractivity (Wildman–Crippen MR) is 93.5 cm³/mol. The van der Waals surface area contributed by atoms with Crippen LogP contribution in [0.2, 0.25) is 0 Å². The molecule has 0 heterocycles. The fourth-order valence-electron chi connectivity index (χ4n) is 2.63. The standard InChI is InChI=1S/C19H19NO4S/c1-2-24-19(21)13-17(15-9-5-3-6-10-15)18(14-20)25(22,23)16-11-7-4-8-12-16/h3-12,17-18H,2,13H2,1H3/t17-,18-/m0/s1. The maximum Gasteiger partial charge on any atom is 0.306 e. The normalized spacial score (nSPS) is 13.4. The van der Waals surface area contributed by atoms with Crippen molar-refractivity contribution in [3.8, 4) is 6.07 Å². The number of esters is 1. The van der Waals surface area contributed by atoms with Gasteiger partial charge in [0.05, 0.1) is 24.0 Å². The first kappa shape index (κ1) is 18.7. The van der Waals surface area contributed by atoms with Crippen LogP contribution >= 0.6 is 0 Å². The minimum Gasteiger partial charge on any atom is -0.466 e. The lowest BCUT2D eigenvalue weighted by Crippen LogP contribution is -2.29. The van der Waals surface area contributed by atoms with E-state index in [9.17, 15) is 18.5 Å². The summed E-state index contributed by atoms with van der Waals surface area (Å²) < 4.78 is 30.8. The number of sulfone groups is 1. The quantitative estimate of drug-likeness (QED) is 0.711. The van der Waals surface area contributed by atoms with Crippen molar-refractivity contribution in [3.63, 3.8) is 0 Å². The molecule has 0 aromatic heterocycles. The largest absolute Gasteiger partial charge is 0.466 e. The third-order valence-electron chi connectivity index (χ3n) is 3.82. The van der Waals surface area contributed by atoms with Crippen LogP contribution in [0.4, 0.5) is 0 Å². The van der Waals surface area contributed by atoms with Gasteiger partial charge in [0.1, 0.15) is 0 Å². The maximum atomic E-state index is 12.9. The number of carbonyl (C=O) groups excluding carboxylic acids is 1. The van der Waals surface area contributed by atoms with E-state index < -0.39 is 27.0 Å². The van der Waals surface area contributed by atoms with E-state index in [1.807, 2.05) is 6.07 Å². The van der Waals surface area contributed by atoms with E-state index in [0.29, 0.717) is 5.56 Å². The number of hydrogen-bond donors (Lipinski definition) is 0. The average molecular weight is 357 g/mol. The van der Waals surface area contributed by atoms with Crippen molar-refractivity contribution < 1.29 is 17.9 Å². The van der Waals surface area contributed by atoms with Crippen LogP contribution < -0.4 is 0 Å². The van der Waals surface area contributed by atoms with E-state index in [1.165, 1.54) is 12.1 Å². The van der Waals surface area contributed by atoms with E-state index in [-0.39, 0.29) is 17.9 Å². The molecule has 2 aromatic carbocycles. The zero-order chi connectivity index (χ0) is 18.3. The molecule has 130 valence electrons. The summed E-state index contributed by atoms with van der Waals surface area (Å²) in [5.41, 5.74) is 0.613. The second-order valence-corrected chi connectivity index (χ2v) is 7.50. The van der Waals surface area contributed by atoms with Gasteiger partial charge in [0.25, 0.3) is 0 Å². The van der Waals surface area contributed by atoms with Crippen LogP contribution in [-0.4, -0.2) is 26.2 Å². The van der Waals surface area contributed by atoms with Gasteiger partial charge in [-0.15, -0.1) is 0 Å². The van der Waals surface area contributed by atoms with Crippen molar-refractivity contribution in [2.75, 3.05) is 6.61 Å². The van der Waals surface area contributed by atoms with Crippen LogP contribution in [-0.2, 0) is 19.4 Å². The predicted octanol–water partition coefficient (Wildman–Crippen LogP) is 3.09. The molecule has 0 aliphatic heterocycles. The summed E-state index contributed by atoms with van der Waals surface area (Å²) in [6.07, 6.45) is -0.178. The van der Waals surface area contributed by atoms with Gasteiger partial charge in [-0.3, -0.25) is 4.79 Å². The summed E-state index contributed by atoms with van der Waals surface area (Å²) >= 11 is 0. The van der Waals surface area contributed by atoms with Gasteiger partial charge in [-0.25, -0.2) is 8.42 Å². The lowest BCUT2D eigenvalue weighted by atomic mass is 9.92. The van der Waals surface area contributed by atoms with Crippen LogP contribution in [0.25, 0.3) is 0 Å². The summed E-state index contributed by atoms with van der Waals surface area (Å²) in [5.74, 6) is -1.34. The molecule has 0 N–H and O–H groups in total. The Morgan fingerprint density at radius 1 is 1.08 bits per heavy atom. The first-order valence-electron chi connectivity index (χ1n) is 7.89. The van der Waals surface area contributed by atoms with Crippen LogP contribution in [0.5, 0.6) is 0 Å². The molecular weight excluding hydrogens is 338 g/mol. The van der Waals surface area contributed by atoms with Crippen molar-refractivity contribution in [1.82, 2.24) is 0 Å². The van der Waals surface area contributed by atoms with E-state index >= 15 is 0 Å². The molecule has 0 fully saturated rings. The Balaban J connectivity index is 2.47. The molecule has 0 radical (unpaired) electrons. The maximum absolute atomic E-state index is 12.9. The molecule has 0 saturated carbocycles. The molecule has 2 atom stereocenters. The highest BCUT2D eigenvalue weighted by molar-refractivity contribution is 7.92. The van der Waals surface area contributed by atoms with Gasteiger partial charge in [-0.1, -0.05) is 48.5 Å². The Morgan fingerprint density at radius 2 is 1.64 bits per heavy atom. The van der Waals surface area contributed by atoms with Crippen molar-refractivity contribution in [2.24, 2.45) is 0 Å². The van der Waals surface area contributed by atoms with Gasteiger partial charge < -0.3 is 4.74 Å². The summed E-state index contributed by atoms with van der Waals surface area (Å²) in [4.78, 5) is 12.0. The van der Waals surface area contributed by atoms with Gasteiger partial charge in [0, 0.05) is 5.92 Å². The number of hydrogen-bond acceptors (Lipinski definition) is 5. The molecule has 0 bridgehead atoms. The van der Waals surface area contributed by atoms with Crippen LogP contribution in [0.1, 0.15) is 24.8 Å². The van der Waals surface area contributed by atoms with Gasteiger partial charge >= 0.3 is 5.97 Å². The van der Waals surface area contributed by atoms with Crippen molar-refractivity contribution in [1.29, 1.82) is 5.26 Å². The molecule has 2 aromatic rings. The van der Waals surface area contributed by atoms with E-state index in [2.05, 4.69) is 0 Å². The summed E-state index contributed by atoms with van der Waals surface area (Å²) in [7, 11) is -3.93. The molecule has 0 aliphatic rings. The Morgan fingerprint density at radius 3 is 2.16 bits per heavy atom. The first-order chi connectivity index (χ1) is 12.0. The molecule has 0 saturated heterocycles. The van der Waals surface area contributed by atoms with Crippen molar-refractivity contribution in [3.05, 3.63) is 66.2 Å². The number of rotatable bonds is 7. The Hall–Kier alpha value is -2.65. The lowest BCUT2D eigenvalue weighted by molar-refractivity contribution is -0.143. The topological polar surface area (TPSA) is 84.2 Å². The van der Waals surface area contributed by atoms with Crippen LogP contribution in [0.15, 0.2) is 65.6 Å². The van der Waals surface area contributed by atoms with Crippen LogP contribution in [0, 0.1) is 11.3 Å². The van der Waals surface area contributed by atoms with Gasteiger partial charge in [0.15, 0.2) is 15.1 Å². The van der Waals surface area contributed by atoms with Gasteiger partial charge in [-0.2, -0.15) is 5.26 Å². The molecular formula is C19H19NO4S. The minimum absolute atomic E-state index is 0.0614. The third-order valence-corrected chi connectivity index (χ3v) is 5.85. The highest BCUT2D eigenvalue weighted by Gasteiger charge is 2.37. The molecule has 0 unspecified atom stereocenters. The van der Waals surface area contributed by atoms with Gasteiger partial charge in [-0.05, 0) is 24.6 Å². The monoisotopic (exact) mass is 357 g/mol.